The molecular formula is C30H31ClF2N4O6S. The highest BCUT2D eigenvalue weighted by Crippen LogP contribution is 2.38. The standard InChI is InChI=1S/C30H31ClF2N4O6S/c1-18-15-22(33)7-8-24(18)35-27-23(29(38)36-11-9-20(10-12-36)19-3-5-21(32)6-4-19)16-34-28(26(27)31)44(40,41)37-13-14-43-17-25(37)30(39)42-2/h3-8,15-16,20,25H,9-14,17H2,1-2H3,(H,34,35). The fraction of sp³-hybridized carbons (Fsp3) is 0.367. The average Bonchev–Trinajstić information content (AvgIpc) is 3.02. The molecule has 0 bridgehead atoms. The highest BCUT2D eigenvalue weighted by atomic mass is 35.5. The normalized spacial score (nSPS) is 18.2. The summed E-state index contributed by atoms with van der Waals surface area (Å²) in [4.78, 5) is 32.0. The molecule has 2 aromatic carbocycles. The number of sulfonamides is 1. The van der Waals surface area contributed by atoms with Gasteiger partial charge in [-0.15, -0.1) is 0 Å². The zero-order chi connectivity index (χ0) is 31.6. The number of nitrogens with one attached hydrogen (secondary N) is 1. The number of ether oxygens (including phenoxy) is 2. The number of nitrogens with zero attached hydrogens (tertiary/aromatic N) is 3. The van der Waals surface area contributed by atoms with Crippen molar-refractivity contribution in [3.05, 3.63) is 82.0 Å². The van der Waals surface area contributed by atoms with Gasteiger partial charge in [-0.25, -0.2) is 22.2 Å². The second-order valence-electron chi connectivity index (χ2n) is 10.6. The lowest BCUT2D eigenvalue weighted by molar-refractivity contribution is -0.149. The number of pyridine rings is 1. The van der Waals surface area contributed by atoms with E-state index in [0.717, 1.165) is 23.2 Å². The lowest BCUT2D eigenvalue weighted by Gasteiger charge is -2.33. The quantitative estimate of drug-likeness (QED) is 0.368. The Balaban J connectivity index is 1.50. The summed E-state index contributed by atoms with van der Waals surface area (Å²) in [5.41, 5.74) is 1.86. The van der Waals surface area contributed by atoms with Gasteiger partial charge in [-0.2, -0.15) is 4.31 Å². The molecule has 2 aliphatic heterocycles. The molecule has 0 aliphatic carbocycles. The van der Waals surface area contributed by atoms with E-state index in [1.807, 2.05) is 0 Å². The number of hydrogen-bond donors (Lipinski definition) is 1. The van der Waals surface area contributed by atoms with Gasteiger partial charge in [-0.1, -0.05) is 23.7 Å². The van der Waals surface area contributed by atoms with Gasteiger partial charge < -0.3 is 19.7 Å². The summed E-state index contributed by atoms with van der Waals surface area (Å²) in [6.07, 6.45) is 2.41. The minimum absolute atomic E-state index is 0.0180. The van der Waals surface area contributed by atoms with Crippen molar-refractivity contribution in [2.24, 2.45) is 0 Å². The summed E-state index contributed by atoms with van der Waals surface area (Å²) in [5, 5.41) is 2.11. The number of benzene rings is 2. The molecule has 1 atom stereocenters. The Labute approximate surface area is 259 Å². The van der Waals surface area contributed by atoms with Crippen molar-refractivity contribution in [1.82, 2.24) is 14.2 Å². The molecule has 2 saturated heterocycles. The third-order valence-corrected chi connectivity index (χ3v) is 10.2. The van der Waals surface area contributed by atoms with Crippen LogP contribution in [0.15, 0.2) is 53.7 Å². The SMILES string of the molecule is COC(=O)C1COCCN1S(=O)(=O)c1ncc(C(=O)N2CCC(c3ccc(F)cc3)CC2)c(Nc2ccc(F)cc2C)c1Cl. The van der Waals surface area contributed by atoms with Crippen LogP contribution >= 0.6 is 11.6 Å². The van der Waals surface area contributed by atoms with Crippen molar-refractivity contribution in [2.75, 3.05) is 45.3 Å². The van der Waals surface area contributed by atoms with Gasteiger partial charge >= 0.3 is 5.97 Å². The van der Waals surface area contributed by atoms with Crippen molar-refractivity contribution in [1.29, 1.82) is 0 Å². The van der Waals surface area contributed by atoms with E-state index in [-0.39, 0.29) is 47.8 Å². The van der Waals surface area contributed by atoms with E-state index in [4.69, 9.17) is 21.1 Å². The van der Waals surface area contributed by atoms with Crippen LogP contribution in [0, 0.1) is 18.6 Å². The van der Waals surface area contributed by atoms with Crippen LogP contribution in [0.3, 0.4) is 0 Å². The van der Waals surface area contributed by atoms with Crippen molar-refractivity contribution in [2.45, 2.75) is 36.8 Å². The molecule has 1 aromatic heterocycles. The molecule has 234 valence electrons. The second kappa shape index (κ2) is 13.1. The molecule has 2 fully saturated rings. The number of likely N-dealkylation sites (tertiary alicyclic amines) is 1. The number of carbonyl (C=O) groups is 2. The summed E-state index contributed by atoms with van der Waals surface area (Å²) in [6, 6.07) is 9.01. The Bertz CT molecular complexity index is 1670. The Kier molecular flexibility index (Phi) is 9.49. The summed E-state index contributed by atoms with van der Waals surface area (Å²) < 4.78 is 66.0. The summed E-state index contributed by atoms with van der Waals surface area (Å²) in [5.74, 6) is -1.88. The first-order valence-electron chi connectivity index (χ1n) is 13.9. The molecule has 0 spiro atoms. The van der Waals surface area contributed by atoms with E-state index in [1.54, 1.807) is 24.0 Å². The molecule has 14 heteroatoms. The van der Waals surface area contributed by atoms with Gasteiger partial charge in [-0.3, -0.25) is 9.59 Å². The Morgan fingerprint density at radius 2 is 1.75 bits per heavy atom. The van der Waals surface area contributed by atoms with Crippen LogP contribution < -0.4 is 5.32 Å². The number of morpholine rings is 1. The molecule has 0 saturated carbocycles. The van der Waals surface area contributed by atoms with Gasteiger partial charge in [-0.05, 0) is 67.1 Å². The van der Waals surface area contributed by atoms with Crippen LogP contribution in [0.5, 0.6) is 0 Å². The van der Waals surface area contributed by atoms with Crippen molar-refractivity contribution in [3.8, 4) is 0 Å². The minimum atomic E-state index is -4.48. The van der Waals surface area contributed by atoms with E-state index in [1.165, 1.54) is 30.3 Å². The first-order valence-corrected chi connectivity index (χ1v) is 15.8. The fourth-order valence-electron chi connectivity index (χ4n) is 5.47. The summed E-state index contributed by atoms with van der Waals surface area (Å²) in [7, 11) is -3.34. The first kappa shape index (κ1) is 31.8. The zero-order valence-electron chi connectivity index (χ0n) is 24.1. The van der Waals surface area contributed by atoms with Gasteiger partial charge in [0.05, 0.1) is 31.6 Å². The fourth-order valence-corrected chi connectivity index (χ4v) is 7.49. The van der Waals surface area contributed by atoms with Gasteiger partial charge in [0.15, 0.2) is 5.03 Å². The number of halogens is 3. The number of methoxy groups -OCH3 is 1. The van der Waals surface area contributed by atoms with E-state index < -0.39 is 38.8 Å². The van der Waals surface area contributed by atoms with E-state index in [2.05, 4.69) is 10.3 Å². The maximum Gasteiger partial charge on any atom is 0.326 e. The van der Waals surface area contributed by atoms with Crippen molar-refractivity contribution in [3.63, 3.8) is 0 Å². The molecule has 10 nitrogen and oxygen atoms in total. The summed E-state index contributed by atoms with van der Waals surface area (Å²) in [6.45, 7) is 2.10. The van der Waals surface area contributed by atoms with Crippen molar-refractivity contribution < 1.29 is 36.3 Å². The third kappa shape index (κ3) is 6.41. The monoisotopic (exact) mass is 648 g/mol. The van der Waals surface area contributed by atoms with Crippen LogP contribution in [0.4, 0.5) is 20.2 Å². The van der Waals surface area contributed by atoms with Crippen molar-refractivity contribution >= 4 is 44.9 Å². The Hall–Kier alpha value is -3.65. The predicted molar refractivity (Wildman–Crippen MR) is 158 cm³/mol. The van der Waals surface area contributed by atoms with E-state index in [9.17, 15) is 26.8 Å². The minimum Gasteiger partial charge on any atom is -0.468 e. The number of hydrogen-bond acceptors (Lipinski definition) is 8. The third-order valence-electron chi connectivity index (χ3n) is 7.90. The molecule has 3 aromatic rings. The molecule has 1 N–H and O–H groups in total. The molecule has 5 rings (SSSR count). The number of piperidine rings is 1. The first-order chi connectivity index (χ1) is 21.0. The lowest BCUT2D eigenvalue weighted by Crippen LogP contribution is -2.53. The number of aryl methyl sites for hydroxylation is 1. The Morgan fingerprint density at radius 3 is 2.41 bits per heavy atom. The van der Waals surface area contributed by atoms with Gasteiger partial charge in [0.1, 0.15) is 22.7 Å². The van der Waals surface area contributed by atoms with Crippen LogP contribution in [-0.4, -0.2) is 80.5 Å². The zero-order valence-corrected chi connectivity index (χ0v) is 25.6. The molecular weight excluding hydrogens is 618 g/mol. The molecule has 44 heavy (non-hydrogen) atoms. The van der Waals surface area contributed by atoms with Gasteiger partial charge in [0, 0.05) is 31.5 Å². The molecule has 2 aliphatic rings. The summed E-state index contributed by atoms with van der Waals surface area (Å²) >= 11 is 6.76. The number of aromatic nitrogens is 1. The van der Waals surface area contributed by atoms with Gasteiger partial charge in [0.25, 0.3) is 15.9 Å². The smallest absolute Gasteiger partial charge is 0.326 e. The average molecular weight is 649 g/mol. The Morgan fingerprint density at radius 1 is 1.07 bits per heavy atom. The largest absolute Gasteiger partial charge is 0.468 e. The van der Waals surface area contributed by atoms with Crippen LogP contribution in [0.2, 0.25) is 5.02 Å². The highest BCUT2D eigenvalue weighted by molar-refractivity contribution is 7.89. The highest BCUT2D eigenvalue weighted by Gasteiger charge is 2.42. The molecule has 1 amide bonds. The number of esters is 1. The maximum absolute atomic E-state index is 13.9. The van der Waals surface area contributed by atoms with E-state index >= 15 is 0 Å². The molecule has 3 heterocycles. The van der Waals surface area contributed by atoms with Gasteiger partial charge in [0.2, 0.25) is 0 Å². The number of rotatable bonds is 7. The molecule has 1 unspecified atom stereocenters. The van der Waals surface area contributed by atoms with E-state index in [0.29, 0.717) is 37.2 Å². The molecule has 0 radical (unpaired) electrons. The lowest BCUT2D eigenvalue weighted by atomic mass is 9.89. The predicted octanol–water partition coefficient (Wildman–Crippen LogP) is 4.65. The van der Waals surface area contributed by atoms with Crippen LogP contribution in [-0.2, 0) is 24.3 Å². The van der Waals surface area contributed by atoms with Crippen LogP contribution in [0.25, 0.3) is 0 Å². The maximum atomic E-state index is 13.9. The number of anilines is 2. The number of carbonyl (C=O) groups excluding carboxylic acids is 2. The number of amides is 1. The van der Waals surface area contributed by atoms with Crippen LogP contribution in [0.1, 0.15) is 40.2 Å². The topological polar surface area (TPSA) is 118 Å². The second-order valence-corrected chi connectivity index (χ2v) is 12.8.